The normalized spacial score (nSPS) is 45.6. The molecule has 4 aliphatic rings. The molecule has 0 saturated heterocycles. The van der Waals surface area contributed by atoms with Crippen molar-refractivity contribution in [2.24, 2.45) is 46.3 Å². The molecule has 4 heteroatoms. The zero-order valence-electron chi connectivity index (χ0n) is 20.4. The van der Waals surface area contributed by atoms with Gasteiger partial charge in [-0.2, -0.15) is 0 Å². The molecule has 0 amide bonds. The number of ether oxygens (including phenoxy) is 1. The maximum atomic E-state index is 12.1. The van der Waals surface area contributed by atoms with Gasteiger partial charge in [0.2, 0.25) is 0 Å². The van der Waals surface area contributed by atoms with E-state index in [2.05, 4.69) is 20.8 Å². The fourth-order valence-electron chi connectivity index (χ4n) is 8.86. The van der Waals surface area contributed by atoms with E-state index < -0.39 is 0 Å². The van der Waals surface area contributed by atoms with E-state index in [9.17, 15) is 14.7 Å². The summed E-state index contributed by atoms with van der Waals surface area (Å²) in [5.41, 5.74) is 0.487. The van der Waals surface area contributed by atoms with Crippen molar-refractivity contribution in [1.29, 1.82) is 0 Å². The number of ketones is 1. The van der Waals surface area contributed by atoms with Crippen LogP contribution < -0.4 is 0 Å². The van der Waals surface area contributed by atoms with E-state index in [-0.39, 0.29) is 29.0 Å². The molecule has 0 aliphatic heterocycles. The van der Waals surface area contributed by atoms with Gasteiger partial charge in [-0.1, -0.05) is 20.8 Å². The van der Waals surface area contributed by atoms with Crippen LogP contribution in [0.4, 0.5) is 0 Å². The predicted octanol–water partition coefficient (Wildman–Crippen LogP) is 5.55. The molecule has 31 heavy (non-hydrogen) atoms. The van der Waals surface area contributed by atoms with E-state index in [4.69, 9.17) is 4.74 Å². The van der Waals surface area contributed by atoms with E-state index >= 15 is 0 Å². The molecule has 0 spiro atoms. The van der Waals surface area contributed by atoms with Crippen molar-refractivity contribution in [3.8, 4) is 0 Å². The van der Waals surface area contributed by atoms with Gasteiger partial charge in [0.25, 0.3) is 0 Å². The van der Waals surface area contributed by atoms with Crippen LogP contribution in [0.1, 0.15) is 98.8 Å². The van der Waals surface area contributed by atoms with Crippen molar-refractivity contribution in [3.63, 3.8) is 0 Å². The third-order valence-electron chi connectivity index (χ3n) is 10.4. The number of rotatable bonds is 5. The van der Waals surface area contributed by atoms with Gasteiger partial charge in [-0.05, 0) is 105 Å². The SMILES string of the molecule is CC(C)OC(=O)CC[C@@H](C)[C@H]1CCC2C3C(CC[C@@]21C)[C@@]1(C)CCC(=O)CC1C[C@H]3O. The largest absolute Gasteiger partial charge is 0.463 e. The summed E-state index contributed by atoms with van der Waals surface area (Å²) in [6, 6.07) is 0. The average molecular weight is 433 g/mol. The van der Waals surface area contributed by atoms with Crippen LogP contribution in [0.25, 0.3) is 0 Å². The molecule has 0 heterocycles. The first-order valence-corrected chi connectivity index (χ1v) is 13.0. The van der Waals surface area contributed by atoms with Crippen LogP contribution in [0, 0.1) is 46.3 Å². The molecule has 0 aromatic heterocycles. The molecule has 0 bridgehead atoms. The number of Topliss-reactive ketones (excluding diaryl/α,β-unsaturated/α-hetero) is 1. The van der Waals surface area contributed by atoms with Gasteiger partial charge in [-0.15, -0.1) is 0 Å². The monoisotopic (exact) mass is 432 g/mol. The molecule has 176 valence electrons. The topological polar surface area (TPSA) is 63.6 Å². The summed E-state index contributed by atoms with van der Waals surface area (Å²) in [5, 5.41) is 11.3. The second kappa shape index (κ2) is 8.47. The van der Waals surface area contributed by atoms with E-state index in [0.717, 1.165) is 25.7 Å². The Morgan fingerprint density at radius 2 is 1.81 bits per heavy atom. The van der Waals surface area contributed by atoms with Gasteiger partial charge in [0.1, 0.15) is 5.78 Å². The molecule has 4 aliphatic carbocycles. The predicted molar refractivity (Wildman–Crippen MR) is 121 cm³/mol. The zero-order chi connectivity index (χ0) is 22.6. The van der Waals surface area contributed by atoms with Crippen molar-refractivity contribution in [1.82, 2.24) is 0 Å². The highest BCUT2D eigenvalue weighted by molar-refractivity contribution is 5.79. The fourth-order valence-corrected chi connectivity index (χ4v) is 8.86. The molecule has 0 aromatic carbocycles. The first kappa shape index (κ1) is 23.3. The number of fused-ring (bicyclic) bond motifs is 5. The summed E-state index contributed by atoms with van der Waals surface area (Å²) in [6.45, 7) is 11.1. The minimum Gasteiger partial charge on any atom is -0.463 e. The van der Waals surface area contributed by atoms with Crippen LogP contribution in [0.5, 0.6) is 0 Å². The van der Waals surface area contributed by atoms with Crippen LogP contribution in [0.15, 0.2) is 0 Å². The second-order valence-corrected chi connectivity index (χ2v) is 12.3. The van der Waals surface area contributed by atoms with Gasteiger partial charge < -0.3 is 9.84 Å². The summed E-state index contributed by atoms with van der Waals surface area (Å²) in [7, 11) is 0. The van der Waals surface area contributed by atoms with Gasteiger partial charge in [0, 0.05) is 19.3 Å². The Bertz CT molecular complexity index is 701. The molecule has 9 atom stereocenters. The standard InChI is InChI=1S/C27H44O4/c1-16(2)31-24(30)9-6-17(3)20-7-8-21-25-22(11-13-27(20,21)5)26(4)12-10-19(28)14-18(26)15-23(25)29/h16-18,20-23,25,29H,6-15H2,1-5H3/t17-,18?,20-,21?,22?,23-,25?,26+,27-/m1/s1. The number of hydrogen-bond acceptors (Lipinski definition) is 4. The third-order valence-corrected chi connectivity index (χ3v) is 10.4. The van der Waals surface area contributed by atoms with Crippen molar-refractivity contribution < 1.29 is 19.4 Å². The third kappa shape index (κ3) is 4.00. The highest BCUT2D eigenvalue weighted by Gasteiger charge is 2.62. The number of esters is 1. The molecular formula is C27H44O4. The minimum absolute atomic E-state index is 0.0421. The van der Waals surface area contributed by atoms with Crippen LogP contribution in [-0.2, 0) is 14.3 Å². The van der Waals surface area contributed by atoms with Gasteiger partial charge >= 0.3 is 5.97 Å². The van der Waals surface area contributed by atoms with Crippen molar-refractivity contribution in [3.05, 3.63) is 0 Å². The number of carbonyl (C=O) groups excluding carboxylic acids is 2. The maximum Gasteiger partial charge on any atom is 0.306 e. The molecule has 0 radical (unpaired) electrons. The van der Waals surface area contributed by atoms with E-state index in [0.29, 0.717) is 54.1 Å². The fraction of sp³-hybridized carbons (Fsp3) is 0.926. The highest BCUT2D eigenvalue weighted by atomic mass is 16.5. The van der Waals surface area contributed by atoms with Crippen LogP contribution in [0.3, 0.4) is 0 Å². The van der Waals surface area contributed by atoms with Gasteiger partial charge in [-0.25, -0.2) is 0 Å². The van der Waals surface area contributed by atoms with Crippen LogP contribution in [0.2, 0.25) is 0 Å². The number of aliphatic hydroxyl groups is 1. The zero-order valence-corrected chi connectivity index (χ0v) is 20.4. The Morgan fingerprint density at radius 3 is 2.52 bits per heavy atom. The molecule has 1 N–H and O–H groups in total. The Balaban J connectivity index is 1.48. The van der Waals surface area contributed by atoms with E-state index in [1.54, 1.807) is 0 Å². The first-order chi connectivity index (χ1) is 14.6. The molecule has 0 aromatic rings. The van der Waals surface area contributed by atoms with Gasteiger partial charge in [0.05, 0.1) is 12.2 Å². The number of hydrogen-bond donors (Lipinski definition) is 1. The Labute approximate surface area is 188 Å². The smallest absolute Gasteiger partial charge is 0.306 e. The summed E-state index contributed by atoms with van der Waals surface area (Å²) in [6.07, 6.45) is 9.22. The molecule has 4 unspecified atom stereocenters. The summed E-state index contributed by atoms with van der Waals surface area (Å²) >= 11 is 0. The number of aliphatic hydroxyl groups excluding tert-OH is 1. The lowest BCUT2D eigenvalue weighted by Crippen LogP contribution is -2.58. The lowest BCUT2D eigenvalue weighted by Gasteiger charge is -2.62. The molecule has 4 rings (SSSR count). The minimum atomic E-state index is -0.256. The molecule has 4 saturated carbocycles. The van der Waals surface area contributed by atoms with Crippen LogP contribution in [-0.4, -0.2) is 29.1 Å². The van der Waals surface area contributed by atoms with E-state index in [1.165, 1.54) is 25.7 Å². The van der Waals surface area contributed by atoms with Crippen molar-refractivity contribution in [2.45, 2.75) is 111 Å². The van der Waals surface area contributed by atoms with Gasteiger partial charge in [0.15, 0.2) is 0 Å². The summed E-state index contributed by atoms with van der Waals surface area (Å²) in [4.78, 5) is 24.2. The maximum absolute atomic E-state index is 12.1. The van der Waals surface area contributed by atoms with Crippen LogP contribution >= 0.6 is 0 Å². The first-order valence-electron chi connectivity index (χ1n) is 13.0. The Kier molecular flexibility index (Phi) is 6.35. The summed E-state index contributed by atoms with van der Waals surface area (Å²) < 4.78 is 5.35. The molecule has 4 fully saturated rings. The summed E-state index contributed by atoms with van der Waals surface area (Å²) in [5.74, 6) is 3.35. The molecule has 4 nitrogen and oxygen atoms in total. The van der Waals surface area contributed by atoms with Gasteiger partial charge in [-0.3, -0.25) is 9.59 Å². The Hall–Kier alpha value is -0.900. The van der Waals surface area contributed by atoms with Crippen molar-refractivity contribution >= 4 is 11.8 Å². The Morgan fingerprint density at radius 1 is 1.10 bits per heavy atom. The molecular weight excluding hydrogens is 388 g/mol. The highest BCUT2D eigenvalue weighted by Crippen LogP contribution is 2.68. The van der Waals surface area contributed by atoms with Crippen molar-refractivity contribution in [2.75, 3.05) is 0 Å². The van der Waals surface area contributed by atoms with E-state index in [1.807, 2.05) is 13.8 Å². The average Bonchev–Trinajstić information content (AvgIpc) is 3.04. The lowest BCUT2D eigenvalue weighted by molar-refractivity contribution is -0.169. The lowest BCUT2D eigenvalue weighted by atomic mass is 9.44. The second-order valence-electron chi connectivity index (χ2n) is 12.3. The number of carbonyl (C=O) groups is 2. The quantitative estimate of drug-likeness (QED) is 0.578.